The van der Waals surface area contributed by atoms with Crippen molar-refractivity contribution in [2.45, 2.75) is 58.4 Å². The summed E-state index contributed by atoms with van der Waals surface area (Å²) in [6.45, 7) is 7.40. The molecule has 0 aliphatic heterocycles. The molecule has 1 rings (SSSR count). The van der Waals surface area contributed by atoms with E-state index in [-0.39, 0.29) is 5.54 Å². The van der Waals surface area contributed by atoms with Crippen LogP contribution in [0.1, 0.15) is 52.9 Å². The number of rotatable bonds is 7. The van der Waals surface area contributed by atoms with Gasteiger partial charge in [-0.3, -0.25) is 0 Å². The third kappa shape index (κ3) is 3.90. The molecule has 0 aromatic heterocycles. The zero-order chi connectivity index (χ0) is 14.5. The minimum atomic E-state index is -3.42. The SMILES string of the molecule is CCCN(C1(CN)CCC(C)CC1)S(=O)(=O)NCC. The molecule has 0 bridgehead atoms. The fourth-order valence-electron chi connectivity index (χ4n) is 2.93. The molecular formula is C13H29N3O2S. The van der Waals surface area contributed by atoms with Gasteiger partial charge in [0, 0.05) is 25.2 Å². The Labute approximate surface area is 118 Å². The molecular weight excluding hydrogens is 262 g/mol. The second-order valence-corrected chi connectivity index (χ2v) is 7.37. The molecule has 5 nitrogen and oxygen atoms in total. The average Bonchev–Trinajstić information content (AvgIpc) is 2.37. The van der Waals surface area contributed by atoms with Crippen LogP contribution in [0, 0.1) is 5.92 Å². The van der Waals surface area contributed by atoms with Crippen LogP contribution < -0.4 is 10.5 Å². The Hall–Kier alpha value is -0.170. The third-order valence-electron chi connectivity index (χ3n) is 4.16. The predicted octanol–water partition coefficient (Wildman–Crippen LogP) is 1.46. The summed E-state index contributed by atoms with van der Waals surface area (Å²) in [4.78, 5) is 0. The van der Waals surface area contributed by atoms with Crippen LogP contribution >= 0.6 is 0 Å². The first-order chi connectivity index (χ1) is 8.91. The highest BCUT2D eigenvalue weighted by Crippen LogP contribution is 2.37. The van der Waals surface area contributed by atoms with E-state index in [1.807, 2.05) is 6.92 Å². The zero-order valence-electron chi connectivity index (χ0n) is 12.5. The highest BCUT2D eigenvalue weighted by Gasteiger charge is 2.43. The molecule has 6 heteroatoms. The van der Waals surface area contributed by atoms with E-state index in [4.69, 9.17) is 5.73 Å². The van der Waals surface area contributed by atoms with Crippen LogP contribution in [0.4, 0.5) is 0 Å². The predicted molar refractivity (Wildman–Crippen MR) is 79.0 cm³/mol. The van der Waals surface area contributed by atoms with Gasteiger partial charge in [-0.1, -0.05) is 20.8 Å². The standard InChI is InChI=1S/C13H29N3O2S/c1-4-10-16(19(17,18)15-5-2)13(11-14)8-6-12(3)7-9-13/h12,15H,4-11,14H2,1-3H3. The van der Waals surface area contributed by atoms with Crippen LogP contribution in [0.25, 0.3) is 0 Å². The maximum absolute atomic E-state index is 12.4. The van der Waals surface area contributed by atoms with E-state index in [2.05, 4.69) is 11.6 Å². The fourth-order valence-corrected chi connectivity index (χ4v) is 4.64. The van der Waals surface area contributed by atoms with Gasteiger partial charge in [0.15, 0.2) is 0 Å². The summed E-state index contributed by atoms with van der Waals surface area (Å²) in [5.41, 5.74) is 5.59. The van der Waals surface area contributed by atoms with Crippen molar-refractivity contribution in [2.24, 2.45) is 11.7 Å². The summed E-state index contributed by atoms with van der Waals surface area (Å²) in [6, 6.07) is 0. The van der Waals surface area contributed by atoms with Gasteiger partial charge in [0.05, 0.1) is 0 Å². The lowest BCUT2D eigenvalue weighted by Crippen LogP contribution is -2.60. The molecule has 114 valence electrons. The number of nitrogens with two attached hydrogens (primary N) is 1. The maximum atomic E-state index is 12.4. The van der Waals surface area contributed by atoms with Crippen LogP contribution in [-0.2, 0) is 10.2 Å². The van der Waals surface area contributed by atoms with Gasteiger partial charge in [0.2, 0.25) is 0 Å². The summed E-state index contributed by atoms with van der Waals surface area (Å²) in [7, 11) is -3.42. The second kappa shape index (κ2) is 7.02. The van der Waals surface area contributed by atoms with Gasteiger partial charge in [0.25, 0.3) is 10.2 Å². The molecule has 0 spiro atoms. The van der Waals surface area contributed by atoms with Crippen molar-refractivity contribution >= 4 is 10.2 Å². The second-order valence-electron chi connectivity index (χ2n) is 5.69. The Bertz CT molecular complexity index is 362. The van der Waals surface area contributed by atoms with Crippen molar-refractivity contribution < 1.29 is 8.42 Å². The van der Waals surface area contributed by atoms with Gasteiger partial charge < -0.3 is 5.73 Å². The van der Waals surface area contributed by atoms with Crippen molar-refractivity contribution in [1.82, 2.24) is 9.03 Å². The average molecular weight is 291 g/mol. The summed E-state index contributed by atoms with van der Waals surface area (Å²) >= 11 is 0. The first kappa shape index (κ1) is 16.9. The van der Waals surface area contributed by atoms with Crippen molar-refractivity contribution in [1.29, 1.82) is 0 Å². The number of hydrogen-bond acceptors (Lipinski definition) is 3. The number of nitrogens with zero attached hydrogens (tertiary/aromatic N) is 1. The lowest BCUT2D eigenvalue weighted by Gasteiger charge is -2.46. The van der Waals surface area contributed by atoms with Gasteiger partial charge in [-0.2, -0.15) is 12.7 Å². The fraction of sp³-hybridized carbons (Fsp3) is 1.00. The Morgan fingerprint density at radius 3 is 2.32 bits per heavy atom. The Balaban J connectivity index is 3.01. The minimum absolute atomic E-state index is 0.385. The van der Waals surface area contributed by atoms with Crippen LogP contribution in [0.3, 0.4) is 0 Å². The lowest BCUT2D eigenvalue weighted by molar-refractivity contribution is 0.114. The molecule has 0 amide bonds. The topological polar surface area (TPSA) is 75.4 Å². The van der Waals surface area contributed by atoms with Crippen molar-refractivity contribution in [3.05, 3.63) is 0 Å². The quantitative estimate of drug-likeness (QED) is 0.745. The van der Waals surface area contributed by atoms with Crippen molar-refractivity contribution in [3.63, 3.8) is 0 Å². The van der Waals surface area contributed by atoms with Crippen LogP contribution in [0.2, 0.25) is 0 Å². The monoisotopic (exact) mass is 291 g/mol. The van der Waals surface area contributed by atoms with E-state index >= 15 is 0 Å². The molecule has 0 saturated heterocycles. The normalized spacial score (nSPS) is 28.8. The van der Waals surface area contributed by atoms with Gasteiger partial charge in [-0.15, -0.1) is 0 Å². The minimum Gasteiger partial charge on any atom is -0.329 e. The molecule has 0 aromatic carbocycles. The third-order valence-corrected chi connectivity index (χ3v) is 5.96. The van der Waals surface area contributed by atoms with E-state index in [1.54, 1.807) is 11.2 Å². The maximum Gasteiger partial charge on any atom is 0.279 e. The smallest absolute Gasteiger partial charge is 0.279 e. The molecule has 0 radical (unpaired) electrons. The van der Waals surface area contributed by atoms with Gasteiger partial charge in [-0.05, 0) is 38.0 Å². The number of nitrogens with one attached hydrogen (secondary N) is 1. The lowest BCUT2D eigenvalue weighted by atomic mass is 9.77. The summed E-state index contributed by atoms with van der Waals surface area (Å²) in [5, 5.41) is 0. The Morgan fingerprint density at radius 2 is 1.89 bits per heavy atom. The summed E-state index contributed by atoms with van der Waals surface area (Å²) in [5.74, 6) is 0.671. The van der Waals surface area contributed by atoms with Crippen LogP contribution in [0.15, 0.2) is 0 Å². The van der Waals surface area contributed by atoms with Gasteiger partial charge >= 0.3 is 0 Å². The molecule has 0 aromatic rings. The molecule has 1 aliphatic rings. The molecule has 3 N–H and O–H groups in total. The molecule has 0 heterocycles. The molecule has 1 fully saturated rings. The van der Waals surface area contributed by atoms with E-state index in [9.17, 15) is 8.42 Å². The molecule has 19 heavy (non-hydrogen) atoms. The van der Waals surface area contributed by atoms with Gasteiger partial charge in [-0.25, -0.2) is 4.72 Å². The van der Waals surface area contributed by atoms with E-state index < -0.39 is 10.2 Å². The van der Waals surface area contributed by atoms with Crippen LogP contribution in [0.5, 0.6) is 0 Å². The Kier molecular flexibility index (Phi) is 6.23. The first-order valence-corrected chi connectivity index (χ1v) is 8.83. The van der Waals surface area contributed by atoms with E-state index in [0.717, 1.165) is 32.1 Å². The number of hydrogen-bond donors (Lipinski definition) is 2. The van der Waals surface area contributed by atoms with E-state index in [1.165, 1.54) is 0 Å². The van der Waals surface area contributed by atoms with Crippen molar-refractivity contribution in [3.8, 4) is 0 Å². The highest BCUT2D eigenvalue weighted by atomic mass is 32.2. The molecule has 0 unspecified atom stereocenters. The largest absolute Gasteiger partial charge is 0.329 e. The summed E-state index contributed by atoms with van der Waals surface area (Å²) < 4.78 is 29.1. The van der Waals surface area contributed by atoms with Gasteiger partial charge in [0.1, 0.15) is 0 Å². The highest BCUT2D eigenvalue weighted by molar-refractivity contribution is 7.87. The first-order valence-electron chi connectivity index (χ1n) is 7.39. The van der Waals surface area contributed by atoms with Crippen molar-refractivity contribution in [2.75, 3.05) is 19.6 Å². The Morgan fingerprint density at radius 1 is 1.32 bits per heavy atom. The molecule has 1 saturated carbocycles. The molecule has 1 aliphatic carbocycles. The molecule has 0 atom stereocenters. The van der Waals surface area contributed by atoms with E-state index in [0.29, 0.717) is 25.6 Å². The summed E-state index contributed by atoms with van der Waals surface area (Å²) in [6.07, 6.45) is 4.66. The zero-order valence-corrected chi connectivity index (χ0v) is 13.3. The van der Waals surface area contributed by atoms with Crippen LogP contribution in [-0.4, -0.2) is 37.9 Å².